The maximum Gasteiger partial charge on any atom is 0.253 e. The van der Waals surface area contributed by atoms with E-state index in [0.29, 0.717) is 32.8 Å². The van der Waals surface area contributed by atoms with Crippen LogP contribution in [-0.2, 0) is 27.9 Å². The van der Waals surface area contributed by atoms with Crippen LogP contribution < -0.4 is 4.90 Å². The minimum absolute atomic E-state index is 0.0485. The number of aryl methyl sites for hydroxylation is 1. The summed E-state index contributed by atoms with van der Waals surface area (Å²) >= 11 is 0. The summed E-state index contributed by atoms with van der Waals surface area (Å²) in [6, 6.07) is 3.85. The number of amides is 1. The molecule has 2 aromatic heterocycles. The van der Waals surface area contributed by atoms with Gasteiger partial charge in [-0.25, -0.2) is 0 Å². The van der Waals surface area contributed by atoms with E-state index in [1.165, 1.54) is 0 Å². The number of furan rings is 1. The van der Waals surface area contributed by atoms with Gasteiger partial charge in [-0.3, -0.25) is 14.4 Å². The number of hydrogen-bond donors (Lipinski definition) is 0. The first-order valence-electron chi connectivity index (χ1n) is 8.39. The highest BCUT2D eigenvalue weighted by Crippen LogP contribution is 2.27. The van der Waals surface area contributed by atoms with Crippen molar-refractivity contribution in [2.75, 3.05) is 44.4 Å². The van der Waals surface area contributed by atoms with Gasteiger partial charge in [0.25, 0.3) is 5.91 Å². The number of carbonyl (C=O) groups is 1. The van der Waals surface area contributed by atoms with Crippen molar-refractivity contribution in [1.82, 2.24) is 14.7 Å². The first kappa shape index (κ1) is 16.3. The van der Waals surface area contributed by atoms with Crippen molar-refractivity contribution in [3.63, 3.8) is 0 Å². The summed E-state index contributed by atoms with van der Waals surface area (Å²) in [5.74, 6) is 0.855. The highest BCUT2D eigenvalue weighted by molar-refractivity contribution is 5.94. The zero-order valence-electron chi connectivity index (χ0n) is 14.3. The lowest BCUT2D eigenvalue weighted by molar-refractivity contribution is -0.146. The van der Waals surface area contributed by atoms with Gasteiger partial charge in [0, 0.05) is 26.3 Å². The maximum atomic E-state index is 12.3. The minimum atomic E-state index is -0.549. The monoisotopic (exact) mass is 346 g/mol. The van der Waals surface area contributed by atoms with Crippen LogP contribution in [0, 0.1) is 0 Å². The highest BCUT2D eigenvalue weighted by Gasteiger charge is 2.43. The Hall–Kier alpha value is -2.16. The predicted octanol–water partition coefficient (Wildman–Crippen LogP) is 0.647. The average Bonchev–Trinajstić information content (AvgIpc) is 3.21. The van der Waals surface area contributed by atoms with Crippen LogP contribution in [-0.4, -0.2) is 65.6 Å². The Kier molecular flexibility index (Phi) is 4.32. The van der Waals surface area contributed by atoms with Crippen LogP contribution in [0.2, 0.25) is 0 Å². The van der Waals surface area contributed by atoms with Gasteiger partial charge < -0.3 is 18.8 Å². The topological polar surface area (TPSA) is 73.0 Å². The summed E-state index contributed by atoms with van der Waals surface area (Å²) in [7, 11) is 1.84. The smallest absolute Gasteiger partial charge is 0.253 e. The summed E-state index contributed by atoms with van der Waals surface area (Å²) in [6.45, 7) is 3.77. The average molecular weight is 346 g/mol. The fraction of sp³-hybridized carbons (Fsp3) is 0.529. The molecule has 0 aliphatic carbocycles. The van der Waals surface area contributed by atoms with E-state index in [-0.39, 0.29) is 12.5 Å². The Morgan fingerprint density at radius 3 is 3.04 bits per heavy atom. The molecule has 4 rings (SSSR count). The molecule has 25 heavy (non-hydrogen) atoms. The van der Waals surface area contributed by atoms with E-state index in [1.807, 2.05) is 25.4 Å². The molecule has 0 bridgehead atoms. The molecule has 1 spiro atoms. The molecule has 0 N–H and O–H groups in total. The van der Waals surface area contributed by atoms with E-state index in [4.69, 9.17) is 13.9 Å². The molecule has 0 radical (unpaired) electrons. The van der Waals surface area contributed by atoms with Crippen molar-refractivity contribution in [2.45, 2.75) is 12.1 Å². The summed E-state index contributed by atoms with van der Waals surface area (Å²) in [5.41, 5.74) is 0.240. The normalized spacial score (nSPS) is 25.5. The Balaban J connectivity index is 1.53. The number of rotatable bonds is 3. The molecule has 0 aromatic carbocycles. The summed E-state index contributed by atoms with van der Waals surface area (Å²) < 4.78 is 19.0. The molecule has 0 unspecified atom stereocenters. The second kappa shape index (κ2) is 6.62. The van der Waals surface area contributed by atoms with E-state index in [2.05, 4.69) is 10.00 Å². The zero-order chi connectivity index (χ0) is 17.3. The highest BCUT2D eigenvalue weighted by atomic mass is 16.6. The molecule has 4 heterocycles. The fourth-order valence-electron chi connectivity index (χ4n) is 3.42. The molecule has 134 valence electrons. The largest absolute Gasteiger partial charge is 0.468 e. The van der Waals surface area contributed by atoms with Crippen LogP contribution >= 0.6 is 0 Å². The Morgan fingerprint density at radius 2 is 2.28 bits per heavy atom. The third-order valence-electron chi connectivity index (χ3n) is 4.64. The van der Waals surface area contributed by atoms with E-state index < -0.39 is 5.60 Å². The molecule has 1 atom stereocenters. The molecule has 2 aromatic rings. The molecule has 2 saturated heterocycles. The number of carbonyl (C=O) groups excluding carboxylic acids is 1. The summed E-state index contributed by atoms with van der Waals surface area (Å²) in [5, 5.41) is 4.17. The van der Waals surface area contributed by atoms with Crippen molar-refractivity contribution < 1.29 is 18.7 Å². The molecule has 0 saturated carbocycles. The van der Waals surface area contributed by atoms with Crippen molar-refractivity contribution in [1.29, 1.82) is 0 Å². The van der Waals surface area contributed by atoms with E-state index in [0.717, 1.165) is 18.0 Å². The van der Waals surface area contributed by atoms with Crippen molar-refractivity contribution in [3.8, 4) is 0 Å². The number of aromatic nitrogens is 2. The summed E-state index contributed by atoms with van der Waals surface area (Å²) in [4.78, 5) is 16.3. The summed E-state index contributed by atoms with van der Waals surface area (Å²) in [6.07, 6.45) is 5.23. The van der Waals surface area contributed by atoms with Crippen LogP contribution in [0.5, 0.6) is 0 Å². The molecule has 2 aliphatic heterocycles. The second-order valence-electron chi connectivity index (χ2n) is 6.67. The Morgan fingerprint density at radius 1 is 1.36 bits per heavy atom. The van der Waals surface area contributed by atoms with Gasteiger partial charge in [-0.05, 0) is 12.1 Å². The number of ether oxygens (including phenoxy) is 2. The van der Waals surface area contributed by atoms with Crippen LogP contribution in [0.15, 0.2) is 35.2 Å². The minimum Gasteiger partial charge on any atom is -0.468 e. The molecule has 1 amide bonds. The maximum absolute atomic E-state index is 12.3. The number of nitrogens with zero attached hydrogens (tertiary/aromatic N) is 4. The van der Waals surface area contributed by atoms with Gasteiger partial charge >= 0.3 is 0 Å². The second-order valence-corrected chi connectivity index (χ2v) is 6.67. The SMILES string of the molecule is Cn1cc(N2C[C@@]3(COCCN(Cc4ccco4)C3)OCC2=O)cn1. The molecule has 2 fully saturated rings. The quantitative estimate of drug-likeness (QED) is 0.812. The zero-order valence-corrected chi connectivity index (χ0v) is 14.3. The van der Waals surface area contributed by atoms with Crippen molar-refractivity contribution in [3.05, 3.63) is 36.5 Å². The van der Waals surface area contributed by atoms with Crippen LogP contribution in [0.3, 0.4) is 0 Å². The lowest BCUT2D eigenvalue weighted by Gasteiger charge is -2.42. The van der Waals surface area contributed by atoms with Gasteiger partial charge in [0.2, 0.25) is 0 Å². The number of morpholine rings is 1. The van der Waals surface area contributed by atoms with Crippen LogP contribution in [0.4, 0.5) is 5.69 Å². The van der Waals surface area contributed by atoms with Gasteiger partial charge in [0.15, 0.2) is 0 Å². The molecular weight excluding hydrogens is 324 g/mol. The third kappa shape index (κ3) is 3.46. The Bertz CT molecular complexity index is 729. The molecule has 8 nitrogen and oxygen atoms in total. The molecule has 8 heteroatoms. The first-order valence-corrected chi connectivity index (χ1v) is 8.39. The molecule has 2 aliphatic rings. The third-order valence-corrected chi connectivity index (χ3v) is 4.64. The van der Waals surface area contributed by atoms with Crippen LogP contribution in [0.25, 0.3) is 0 Å². The standard InChI is InChI=1S/C17H22N4O4/c1-19-8-14(7-18-19)21-12-17(25-10-16(21)22)11-20(4-6-23-13-17)9-15-3-2-5-24-15/h2-3,5,7-8H,4,6,9-13H2,1H3/t17-/m0/s1. The van der Waals surface area contributed by atoms with Gasteiger partial charge in [-0.1, -0.05) is 0 Å². The molecular formula is C17H22N4O4. The lowest BCUT2D eigenvalue weighted by atomic mass is 10.0. The fourth-order valence-corrected chi connectivity index (χ4v) is 3.42. The first-order chi connectivity index (χ1) is 12.1. The van der Waals surface area contributed by atoms with E-state index in [1.54, 1.807) is 22.0 Å². The van der Waals surface area contributed by atoms with Gasteiger partial charge in [-0.15, -0.1) is 0 Å². The predicted molar refractivity (Wildman–Crippen MR) is 89.0 cm³/mol. The van der Waals surface area contributed by atoms with E-state index >= 15 is 0 Å². The van der Waals surface area contributed by atoms with Crippen LogP contribution in [0.1, 0.15) is 5.76 Å². The van der Waals surface area contributed by atoms with Gasteiger partial charge in [-0.2, -0.15) is 5.10 Å². The number of anilines is 1. The van der Waals surface area contributed by atoms with Crippen molar-refractivity contribution >= 4 is 11.6 Å². The van der Waals surface area contributed by atoms with Crippen molar-refractivity contribution in [2.24, 2.45) is 7.05 Å². The Labute approximate surface area is 145 Å². The van der Waals surface area contributed by atoms with E-state index in [9.17, 15) is 4.79 Å². The lowest BCUT2D eigenvalue weighted by Crippen LogP contribution is -2.60. The van der Waals surface area contributed by atoms with Gasteiger partial charge in [0.1, 0.15) is 18.0 Å². The number of hydrogen-bond acceptors (Lipinski definition) is 6. The van der Waals surface area contributed by atoms with Gasteiger partial charge in [0.05, 0.1) is 44.5 Å².